The first-order chi connectivity index (χ1) is 17.4. The average molecular weight is 573 g/mol. The van der Waals surface area contributed by atoms with Crippen LogP contribution in [-0.2, 0) is 23.0 Å². The predicted octanol–water partition coefficient (Wildman–Crippen LogP) is 7.86. The molecule has 0 atom stereocenters. The average Bonchev–Trinajstić information content (AvgIpc) is 3.25. The van der Waals surface area contributed by atoms with Crippen LogP contribution in [0.5, 0.6) is 5.75 Å². The first kappa shape index (κ1) is 26.5. The SMILES string of the molecule is CC(C)(CC(=O)O)c1nc(-c2ccc(OCc3ccc(-c4ccccc4)cc3)c(C(F)(F)F)c2)c(Br)[nH]1. The van der Waals surface area contributed by atoms with Gasteiger partial charge in [0.05, 0.1) is 12.0 Å². The Hall–Kier alpha value is -3.59. The van der Waals surface area contributed by atoms with Gasteiger partial charge in [-0.25, -0.2) is 4.98 Å². The number of benzene rings is 3. The van der Waals surface area contributed by atoms with Crippen molar-refractivity contribution in [3.63, 3.8) is 0 Å². The summed E-state index contributed by atoms with van der Waals surface area (Å²) in [6, 6.07) is 21.0. The molecule has 37 heavy (non-hydrogen) atoms. The molecule has 0 spiro atoms. The number of aromatic nitrogens is 2. The number of carbonyl (C=O) groups is 1. The summed E-state index contributed by atoms with van der Waals surface area (Å²) in [6.45, 7) is 3.36. The first-order valence-corrected chi connectivity index (χ1v) is 12.2. The van der Waals surface area contributed by atoms with Crippen LogP contribution in [-0.4, -0.2) is 21.0 Å². The Bertz CT molecular complexity index is 1400. The van der Waals surface area contributed by atoms with Gasteiger partial charge in [0.1, 0.15) is 28.5 Å². The zero-order valence-corrected chi connectivity index (χ0v) is 21.7. The van der Waals surface area contributed by atoms with E-state index in [1.54, 1.807) is 13.8 Å². The Morgan fingerprint density at radius 3 is 2.22 bits per heavy atom. The molecule has 0 amide bonds. The molecule has 0 bridgehead atoms. The number of nitrogens with one attached hydrogen (secondary N) is 1. The number of hydrogen-bond acceptors (Lipinski definition) is 3. The predicted molar refractivity (Wildman–Crippen MR) is 138 cm³/mol. The van der Waals surface area contributed by atoms with E-state index in [0.717, 1.165) is 22.8 Å². The Morgan fingerprint density at radius 2 is 1.59 bits per heavy atom. The monoisotopic (exact) mass is 572 g/mol. The number of aromatic amines is 1. The fourth-order valence-electron chi connectivity index (χ4n) is 3.94. The third-order valence-corrected chi connectivity index (χ3v) is 6.48. The Balaban J connectivity index is 1.57. The molecule has 192 valence electrons. The number of alkyl halides is 3. The van der Waals surface area contributed by atoms with Crippen LogP contribution in [0, 0.1) is 0 Å². The van der Waals surface area contributed by atoms with E-state index in [9.17, 15) is 18.0 Å². The van der Waals surface area contributed by atoms with Gasteiger partial charge in [0, 0.05) is 11.0 Å². The molecule has 0 aliphatic rings. The minimum absolute atomic E-state index is 0.0306. The van der Waals surface area contributed by atoms with Crippen LogP contribution >= 0.6 is 15.9 Å². The highest BCUT2D eigenvalue weighted by Gasteiger charge is 2.35. The minimum Gasteiger partial charge on any atom is -0.488 e. The van der Waals surface area contributed by atoms with E-state index < -0.39 is 23.1 Å². The summed E-state index contributed by atoms with van der Waals surface area (Å²) in [5.41, 5.74) is 1.47. The third kappa shape index (κ3) is 6.22. The number of H-pyrrole nitrogens is 1. The van der Waals surface area contributed by atoms with Crippen LogP contribution in [0.1, 0.15) is 37.2 Å². The van der Waals surface area contributed by atoms with Gasteiger partial charge in [0.2, 0.25) is 0 Å². The van der Waals surface area contributed by atoms with Crippen molar-refractivity contribution in [1.82, 2.24) is 9.97 Å². The lowest BCUT2D eigenvalue weighted by Crippen LogP contribution is -2.23. The van der Waals surface area contributed by atoms with Gasteiger partial charge < -0.3 is 14.8 Å². The molecule has 0 unspecified atom stereocenters. The molecule has 1 heterocycles. The van der Waals surface area contributed by atoms with Crippen LogP contribution in [0.15, 0.2) is 77.4 Å². The molecule has 0 fully saturated rings. The molecule has 5 nitrogen and oxygen atoms in total. The molecule has 0 aliphatic carbocycles. The molecular weight excluding hydrogens is 549 g/mol. The van der Waals surface area contributed by atoms with Crippen molar-refractivity contribution < 1.29 is 27.8 Å². The number of hydrogen-bond donors (Lipinski definition) is 2. The topological polar surface area (TPSA) is 75.2 Å². The Kier molecular flexibility index (Phi) is 7.45. The van der Waals surface area contributed by atoms with Gasteiger partial charge in [-0.3, -0.25) is 4.79 Å². The zero-order valence-electron chi connectivity index (χ0n) is 20.1. The minimum atomic E-state index is -4.66. The van der Waals surface area contributed by atoms with Gasteiger partial charge in [0.15, 0.2) is 0 Å². The molecule has 9 heteroatoms. The molecular formula is C28H24BrF3N2O3. The summed E-state index contributed by atoms with van der Waals surface area (Å²) < 4.78 is 47.8. The van der Waals surface area contributed by atoms with Crippen molar-refractivity contribution >= 4 is 21.9 Å². The van der Waals surface area contributed by atoms with E-state index in [1.807, 2.05) is 54.6 Å². The fourth-order valence-corrected chi connectivity index (χ4v) is 4.44. The lowest BCUT2D eigenvalue weighted by molar-refractivity contribution is -0.139. The van der Waals surface area contributed by atoms with E-state index >= 15 is 0 Å². The van der Waals surface area contributed by atoms with Crippen LogP contribution in [0.3, 0.4) is 0 Å². The number of carboxylic acids is 1. The second-order valence-electron chi connectivity index (χ2n) is 9.26. The number of ether oxygens (including phenoxy) is 1. The third-order valence-electron chi connectivity index (χ3n) is 5.91. The van der Waals surface area contributed by atoms with Gasteiger partial charge in [-0.2, -0.15) is 13.2 Å². The standard InChI is InChI=1S/C28H24BrF3N2O3/c1-27(2,15-23(35)36)26-33-24(25(29)34-26)20-12-13-22(21(14-20)28(30,31)32)37-16-17-8-10-19(11-9-17)18-6-4-3-5-7-18/h3-14H,15-16H2,1-2H3,(H,33,34)(H,35,36). The lowest BCUT2D eigenvalue weighted by atomic mass is 9.88. The maximum atomic E-state index is 14.0. The van der Waals surface area contributed by atoms with Gasteiger partial charge in [-0.1, -0.05) is 68.4 Å². The summed E-state index contributed by atoms with van der Waals surface area (Å²) in [6.07, 6.45) is -4.85. The van der Waals surface area contributed by atoms with E-state index in [2.05, 4.69) is 25.9 Å². The molecule has 4 rings (SSSR count). The number of carboxylic acid groups (broad SMARTS) is 1. The van der Waals surface area contributed by atoms with Gasteiger partial charge >= 0.3 is 12.1 Å². The molecule has 2 N–H and O–H groups in total. The second-order valence-corrected chi connectivity index (χ2v) is 10.1. The number of aliphatic carboxylic acids is 1. The summed E-state index contributed by atoms with van der Waals surface area (Å²) in [5, 5.41) is 9.17. The van der Waals surface area contributed by atoms with Gasteiger partial charge in [-0.15, -0.1) is 0 Å². The maximum Gasteiger partial charge on any atom is 0.419 e. The quantitative estimate of drug-likeness (QED) is 0.225. The highest BCUT2D eigenvalue weighted by atomic mass is 79.9. The van der Waals surface area contributed by atoms with Crippen molar-refractivity contribution in [2.75, 3.05) is 0 Å². The highest BCUT2D eigenvalue weighted by Crippen LogP contribution is 2.40. The van der Waals surface area contributed by atoms with Crippen molar-refractivity contribution in [2.24, 2.45) is 0 Å². The van der Waals surface area contributed by atoms with Crippen molar-refractivity contribution in [3.8, 4) is 28.1 Å². The second kappa shape index (κ2) is 10.4. The van der Waals surface area contributed by atoms with Gasteiger partial charge in [-0.05, 0) is 50.8 Å². The Labute approximate surface area is 220 Å². The van der Waals surface area contributed by atoms with E-state index in [1.165, 1.54) is 12.1 Å². The number of nitrogens with zero attached hydrogens (tertiary/aromatic N) is 1. The summed E-state index contributed by atoms with van der Waals surface area (Å²) in [7, 11) is 0. The summed E-state index contributed by atoms with van der Waals surface area (Å²) >= 11 is 3.31. The molecule has 0 saturated heterocycles. The molecule has 0 radical (unpaired) electrons. The van der Waals surface area contributed by atoms with Crippen molar-refractivity contribution in [1.29, 1.82) is 0 Å². The van der Waals surface area contributed by atoms with Crippen LogP contribution in [0.25, 0.3) is 22.4 Å². The van der Waals surface area contributed by atoms with Crippen LogP contribution < -0.4 is 4.74 Å². The molecule has 1 aromatic heterocycles. The van der Waals surface area contributed by atoms with Crippen molar-refractivity contribution in [3.05, 3.63) is 94.4 Å². The highest BCUT2D eigenvalue weighted by molar-refractivity contribution is 9.10. The number of imidazole rings is 1. The molecule has 0 aliphatic heterocycles. The number of rotatable bonds is 8. The van der Waals surface area contributed by atoms with E-state index in [4.69, 9.17) is 9.84 Å². The van der Waals surface area contributed by atoms with Crippen LogP contribution in [0.2, 0.25) is 0 Å². The number of halogens is 4. The molecule has 4 aromatic rings. The zero-order chi connectivity index (χ0) is 26.8. The molecule has 0 saturated carbocycles. The summed E-state index contributed by atoms with van der Waals surface area (Å²) in [5.74, 6) is -0.944. The van der Waals surface area contributed by atoms with E-state index in [-0.39, 0.29) is 30.0 Å². The fraction of sp³-hybridized carbons (Fsp3) is 0.214. The molecule has 3 aromatic carbocycles. The van der Waals surface area contributed by atoms with Crippen molar-refractivity contribution in [2.45, 2.75) is 38.5 Å². The van der Waals surface area contributed by atoms with Crippen LogP contribution in [0.4, 0.5) is 13.2 Å². The smallest absolute Gasteiger partial charge is 0.419 e. The lowest BCUT2D eigenvalue weighted by Gasteiger charge is -2.19. The Morgan fingerprint density at radius 1 is 0.973 bits per heavy atom. The summed E-state index contributed by atoms with van der Waals surface area (Å²) in [4.78, 5) is 18.6. The first-order valence-electron chi connectivity index (χ1n) is 11.4. The maximum absolute atomic E-state index is 14.0. The van der Waals surface area contributed by atoms with Gasteiger partial charge in [0.25, 0.3) is 0 Å². The van der Waals surface area contributed by atoms with E-state index in [0.29, 0.717) is 10.4 Å². The largest absolute Gasteiger partial charge is 0.488 e. The normalized spacial score (nSPS) is 11.9.